The second kappa shape index (κ2) is 5.10. The Kier molecular flexibility index (Phi) is 3.53. The predicted molar refractivity (Wildman–Crippen MR) is 63.7 cm³/mol. The van der Waals surface area contributed by atoms with E-state index in [9.17, 15) is 13.9 Å². The van der Waals surface area contributed by atoms with Gasteiger partial charge < -0.3 is 10.8 Å². The number of aliphatic hydroxyl groups excluding tert-OH is 1. The molecule has 18 heavy (non-hydrogen) atoms. The molecule has 2 aromatic rings. The third-order valence-electron chi connectivity index (χ3n) is 2.61. The Morgan fingerprint density at radius 3 is 2.50 bits per heavy atom. The molecular weight excluding hydrogens is 238 g/mol. The van der Waals surface area contributed by atoms with Gasteiger partial charge in [0, 0.05) is 18.7 Å². The molecule has 2 rings (SSSR count). The van der Waals surface area contributed by atoms with E-state index in [1.807, 2.05) is 0 Å². The Morgan fingerprint density at radius 2 is 1.89 bits per heavy atom. The van der Waals surface area contributed by atoms with Gasteiger partial charge in [-0.3, -0.25) is 0 Å². The fourth-order valence-electron chi connectivity index (χ4n) is 1.72. The van der Waals surface area contributed by atoms with Crippen molar-refractivity contribution in [3.8, 4) is 0 Å². The zero-order chi connectivity index (χ0) is 13.1. The summed E-state index contributed by atoms with van der Waals surface area (Å²) in [4.78, 5) is 3.88. The summed E-state index contributed by atoms with van der Waals surface area (Å²) in [6.45, 7) is 0. The number of hydrogen-bond acceptors (Lipinski definition) is 3. The van der Waals surface area contributed by atoms with Gasteiger partial charge in [-0.1, -0.05) is 6.07 Å². The van der Waals surface area contributed by atoms with Gasteiger partial charge in [0.2, 0.25) is 0 Å². The molecule has 0 aliphatic carbocycles. The second-order valence-electron chi connectivity index (χ2n) is 3.97. The van der Waals surface area contributed by atoms with Crippen molar-refractivity contribution in [1.29, 1.82) is 0 Å². The minimum absolute atomic E-state index is 0.155. The standard InChI is InChI=1S/C13H12F2N2O/c14-10-4-9(5-11(15)7-10)12(18)6-8-2-1-3-17-13(8)16/h1-5,7,12,18H,6H2,(H2,16,17). The molecule has 3 N–H and O–H groups in total. The first-order valence-electron chi connectivity index (χ1n) is 5.39. The van der Waals surface area contributed by atoms with E-state index in [-0.39, 0.29) is 12.0 Å². The van der Waals surface area contributed by atoms with Crippen molar-refractivity contribution in [2.24, 2.45) is 0 Å². The van der Waals surface area contributed by atoms with Crippen LogP contribution in [0.25, 0.3) is 0 Å². The lowest BCUT2D eigenvalue weighted by Crippen LogP contribution is -2.06. The van der Waals surface area contributed by atoms with E-state index in [1.165, 1.54) is 6.20 Å². The van der Waals surface area contributed by atoms with Gasteiger partial charge in [0.1, 0.15) is 17.5 Å². The number of hydrogen-bond donors (Lipinski definition) is 2. The highest BCUT2D eigenvalue weighted by molar-refractivity contribution is 5.39. The zero-order valence-corrected chi connectivity index (χ0v) is 9.48. The molecule has 0 aliphatic heterocycles. The zero-order valence-electron chi connectivity index (χ0n) is 9.48. The molecule has 0 fully saturated rings. The van der Waals surface area contributed by atoms with Gasteiger partial charge in [-0.25, -0.2) is 13.8 Å². The van der Waals surface area contributed by atoms with Crippen LogP contribution < -0.4 is 5.73 Å². The molecule has 0 aliphatic rings. The third kappa shape index (κ3) is 2.81. The molecule has 1 atom stereocenters. The topological polar surface area (TPSA) is 59.1 Å². The van der Waals surface area contributed by atoms with E-state index in [2.05, 4.69) is 4.98 Å². The molecule has 0 radical (unpaired) electrons. The van der Waals surface area contributed by atoms with Crippen molar-refractivity contribution in [2.75, 3.05) is 5.73 Å². The van der Waals surface area contributed by atoms with Crippen molar-refractivity contribution in [3.05, 3.63) is 59.3 Å². The molecule has 0 amide bonds. The Bertz CT molecular complexity index is 540. The minimum Gasteiger partial charge on any atom is -0.388 e. The van der Waals surface area contributed by atoms with E-state index < -0.39 is 17.7 Å². The van der Waals surface area contributed by atoms with Crippen LogP contribution in [0.1, 0.15) is 17.2 Å². The number of nitrogen functional groups attached to an aromatic ring is 1. The number of aliphatic hydroxyl groups is 1. The number of pyridine rings is 1. The van der Waals surface area contributed by atoms with Crippen molar-refractivity contribution in [2.45, 2.75) is 12.5 Å². The molecule has 0 saturated carbocycles. The molecule has 1 aromatic heterocycles. The summed E-state index contributed by atoms with van der Waals surface area (Å²) in [6.07, 6.45) is 0.664. The summed E-state index contributed by atoms with van der Waals surface area (Å²) in [5, 5.41) is 9.93. The summed E-state index contributed by atoms with van der Waals surface area (Å²) in [7, 11) is 0. The lowest BCUT2D eigenvalue weighted by molar-refractivity contribution is 0.177. The third-order valence-corrected chi connectivity index (χ3v) is 2.61. The lowest BCUT2D eigenvalue weighted by atomic mass is 10.0. The summed E-state index contributed by atoms with van der Waals surface area (Å²) < 4.78 is 26.0. The van der Waals surface area contributed by atoms with Gasteiger partial charge in [0.15, 0.2) is 0 Å². The van der Waals surface area contributed by atoms with E-state index in [0.29, 0.717) is 11.4 Å². The average molecular weight is 250 g/mol. The highest BCUT2D eigenvalue weighted by Gasteiger charge is 2.13. The van der Waals surface area contributed by atoms with Crippen molar-refractivity contribution in [3.63, 3.8) is 0 Å². The van der Waals surface area contributed by atoms with Gasteiger partial charge in [-0.2, -0.15) is 0 Å². The smallest absolute Gasteiger partial charge is 0.126 e. The molecule has 1 heterocycles. The monoisotopic (exact) mass is 250 g/mol. The first-order chi connectivity index (χ1) is 8.56. The van der Waals surface area contributed by atoms with Crippen LogP contribution >= 0.6 is 0 Å². The van der Waals surface area contributed by atoms with Crippen LogP contribution in [0.4, 0.5) is 14.6 Å². The summed E-state index contributed by atoms with van der Waals surface area (Å²) in [5.41, 5.74) is 6.45. The minimum atomic E-state index is -1.03. The first kappa shape index (κ1) is 12.4. The number of halogens is 2. The van der Waals surface area contributed by atoms with E-state index in [1.54, 1.807) is 12.1 Å². The highest BCUT2D eigenvalue weighted by Crippen LogP contribution is 2.22. The molecule has 3 nitrogen and oxygen atoms in total. The average Bonchev–Trinajstić information content (AvgIpc) is 2.31. The number of anilines is 1. The number of benzene rings is 1. The van der Waals surface area contributed by atoms with Gasteiger partial charge in [-0.15, -0.1) is 0 Å². The van der Waals surface area contributed by atoms with Crippen LogP contribution in [0.3, 0.4) is 0 Å². The predicted octanol–water partition coefficient (Wildman–Crippen LogP) is 2.22. The lowest BCUT2D eigenvalue weighted by Gasteiger charge is -2.12. The Balaban J connectivity index is 2.22. The van der Waals surface area contributed by atoms with E-state index in [0.717, 1.165) is 18.2 Å². The second-order valence-corrected chi connectivity index (χ2v) is 3.97. The van der Waals surface area contributed by atoms with Crippen molar-refractivity contribution >= 4 is 5.82 Å². The Labute approximate surface area is 103 Å². The SMILES string of the molecule is Nc1ncccc1CC(O)c1cc(F)cc(F)c1. The van der Waals surface area contributed by atoms with Crippen LogP contribution in [0, 0.1) is 11.6 Å². The molecule has 1 unspecified atom stereocenters. The van der Waals surface area contributed by atoms with Gasteiger partial charge in [-0.05, 0) is 29.3 Å². The maximum atomic E-state index is 13.0. The van der Waals surface area contributed by atoms with Crippen LogP contribution in [0.2, 0.25) is 0 Å². The van der Waals surface area contributed by atoms with E-state index >= 15 is 0 Å². The van der Waals surface area contributed by atoms with Crippen molar-refractivity contribution in [1.82, 2.24) is 4.98 Å². The van der Waals surface area contributed by atoms with Crippen LogP contribution in [-0.4, -0.2) is 10.1 Å². The summed E-state index contributed by atoms with van der Waals surface area (Å²) in [6, 6.07) is 6.35. The first-order valence-corrected chi connectivity index (χ1v) is 5.39. The Morgan fingerprint density at radius 1 is 1.22 bits per heavy atom. The molecular formula is C13H12F2N2O. The highest BCUT2D eigenvalue weighted by atomic mass is 19.1. The van der Waals surface area contributed by atoms with Crippen LogP contribution in [-0.2, 0) is 6.42 Å². The normalized spacial score (nSPS) is 12.4. The van der Waals surface area contributed by atoms with Crippen molar-refractivity contribution < 1.29 is 13.9 Å². The number of nitrogens with two attached hydrogens (primary N) is 1. The number of nitrogens with zero attached hydrogens (tertiary/aromatic N) is 1. The summed E-state index contributed by atoms with van der Waals surface area (Å²) in [5.74, 6) is -1.14. The summed E-state index contributed by atoms with van der Waals surface area (Å²) >= 11 is 0. The van der Waals surface area contributed by atoms with Gasteiger partial charge in [0.25, 0.3) is 0 Å². The van der Waals surface area contributed by atoms with Crippen LogP contribution in [0.5, 0.6) is 0 Å². The largest absolute Gasteiger partial charge is 0.388 e. The number of rotatable bonds is 3. The maximum Gasteiger partial charge on any atom is 0.126 e. The fourth-order valence-corrected chi connectivity index (χ4v) is 1.72. The fraction of sp³-hybridized carbons (Fsp3) is 0.154. The molecule has 0 spiro atoms. The number of aromatic nitrogens is 1. The van der Waals surface area contributed by atoms with E-state index in [4.69, 9.17) is 5.73 Å². The van der Waals surface area contributed by atoms with Gasteiger partial charge in [0.05, 0.1) is 6.10 Å². The quantitative estimate of drug-likeness (QED) is 0.878. The molecule has 1 aromatic carbocycles. The molecule has 0 bridgehead atoms. The molecule has 94 valence electrons. The van der Waals surface area contributed by atoms with Gasteiger partial charge >= 0.3 is 0 Å². The molecule has 0 saturated heterocycles. The maximum absolute atomic E-state index is 13.0. The molecule has 5 heteroatoms. The van der Waals surface area contributed by atoms with Crippen LogP contribution in [0.15, 0.2) is 36.5 Å². The Hall–Kier alpha value is -2.01.